The summed E-state index contributed by atoms with van der Waals surface area (Å²) in [6.45, 7) is 45.0. The molecule has 12 heteroatoms. The molecule has 0 aliphatic heterocycles. The van der Waals surface area contributed by atoms with Gasteiger partial charge in [0.1, 0.15) is 0 Å². The van der Waals surface area contributed by atoms with E-state index in [0.717, 1.165) is 94.0 Å². The summed E-state index contributed by atoms with van der Waals surface area (Å²) in [5.74, 6) is 0. The van der Waals surface area contributed by atoms with Crippen LogP contribution in [0.25, 0.3) is 18.5 Å². The van der Waals surface area contributed by atoms with Gasteiger partial charge in [0.2, 0.25) is 0 Å². The maximum atomic E-state index is 2.50. The van der Waals surface area contributed by atoms with Crippen molar-refractivity contribution in [2.45, 2.75) is 118 Å². The molecule has 0 aliphatic rings. The van der Waals surface area contributed by atoms with Gasteiger partial charge in [0.15, 0.2) is 0 Å². The number of nitrogens with two attached hydrogens (primary N) is 3. The minimum atomic E-state index is -0.648. The summed E-state index contributed by atoms with van der Waals surface area (Å²) in [5.41, 5.74) is 0. The van der Waals surface area contributed by atoms with E-state index in [1.165, 1.54) is 0 Å². The van der Waals surface area contributed by atoms with Crippen LogP contribution in [0.15, 0.2) is 0 Å². The van der Waals surface area contributed by atoms with Crippen LogP contribution in [-0.2, 0) is 0 Å². The van der Waals surface area contributed by atoms with Crippen LogP contribution in [0, 0.1) is 94.0 Å². The van der Waals surface area contributed by atoms with Crippen molar-refractivity contribution in [2.75, 3.05) is 0 Å². The third kappa shape index (κ3) is 63.8. The van der Waals surface area contributed by atoms with E-state index in [4.69, 9.17) is 0 Å². The molecule has 0 spiro atoms. The molecule has 0 unspecified atom stereocenters. The second-order valence-corrected chi connectivity index (χ2v) is 99.3. The van der Waals surface area contributed by atoms with Crippen molar-refractivity contribution in [2.24, 2.45) is 0 Å². The zero-order valence-corrected chi connectivity index (χ0v) is 35.2. The Morgan fingerprint density at radius 3 is 0.300 bits per heavy atom. The first-order valence-corrected chi connectivity index (χ1v) is 46.3. The van der Waals surface area contributed by atoms with Gasteiger partial charge in [0.05, 0.1) is 0 Å². The maximum Gasteiger partial charge on any atom is -0.693 e. The summed E-state index contributed by atoms with van der Waals surface area (Å²) in [6, 6.07) is 0. The molecule has 0 heterocycles. The van der Waals surface area contributed by atoms with E-state index in [2.05, 4.69) is 118 Å². The quantitative estimate of drug-likeness (QED) is 0.237. The van der Waals surface area contributed by atoms with Crippen LogP contribution in [0.5, 0.6) is 0 Å². The summed E-state index contributed by atoms with van der Waals surface area (Å²) in [6.07, 6.45) is 0. The van der Waals surface area contributed by atoms with Gasteiger partial charge in [-0.05, 0) is 0 Å². The number of hydrogen-bond donors (Lipinski definition) is 0. The SMILES string of the molecule is C[Si](C)(C)[Er+][Si](C)(C)C.C[Si](C)(C)[Er+][Si](C)(C)C.C[Si](C)(C)[Er+][Si](C)(C)C.[NH2-].[NH2-].[NH2-]. The Bertz CT molecular complexity index is 305. The van der Waals surface area contributed by atoms with Crippen LogP contribution >= 0.6 is 0 Å². The van der Waals surface area contributed by atoms with Crippen LogP contribution < -0.4 is 0 Å². The first kappa shape index (κ1) is 48.0. The van der Waals surface area contributed by atoms with Gasteiger partial charge in [0.25, 0.3) is 0 Å². The summed E-state index contributed by atoms with van der Waals surface area (Å²) >= 11 is 2.54. The van der Waals surface area contributed by atoms with E-state index in [9.17, 15) is 0 Å². The minimum absolute atomic E-state index is 0. The van der Waals surface area contributed by atoms with Crippen molar-refractivity contribution in [3.63, 3.8) is 0 Å². The first-order valence-electron chi connectivity index (χ1n) is 9.87. The Hall–Kier alpha value is 4.92. The normalized spacial score (nSPS) is 13.0. The topological polar surface area (TPSA) is 100 Å². The monoisotopic (exact) mass is 984 g/mol. The Morgan fingerprint density at radius 2 is 0.300 bits per heavy atom. The summed E-state index contributed by atoms with van der Waals surface area (Å²) < 4.78 is -3.89. The van der Waals surface area contributed by atoms with Gasteiger partial charge >= 0.3 is 232 Å². The van der Waals surface area contributed by atoms with Crippen LogP contribution in [0.2, 0.25) is 118 Å². The molecule has 0 amide bonds. The Balaban J connectivity index is -0.0000000686. The molecule has 0 atom stereocenters. The van der Waals surface area contributed by atoms with Crippen molar-refractivity contribution in [3.05, 3.63) is 18.5 Å². The molecule has 0 saturated heterocycles. The molecule has 0 saturated carbocycles. The molecule has 0 aliphatic carbocycles. The summed E-state index contributed by atoms with van der Waals surface area (Å²) in [7, 11) is 0. The van der Waals surface area contributed by atoms with E-state index in [1.54, 1.807) is 0 Å². The second-order valence-electron chi connectivity index (χ2n) is 11.8. The zero-order valence-electron chi connectivity index (χ0n) is 23.6. The van der Waals surface area contributed by atoms with Crippen LogP contribution in [0.3, 0.4) is 0 Å². The van der Waals surface area contributed by atoms with Gasteiger partial charge < -0.3 is 18.5 Å². The minimum Gasteiger partial charge on any atom is -0.693 e. The molecule has 0 aromatic heterocycles. The predicted octanol–water partition coefficient (Wildman–Crippen LogP) is 10.4. The fourth-order valence-electron chi connectivity index (χ4n) is 1.95. The fraction of sp³-hybridized carbons (Fsp3) is 1.00. The largest absolute Gasteiger partial charge is 0.693 e. The van der Waals surface area contributed by atoms with Crippen molar-refractivity contribution in [1.82, 2.24) is 0 Å². The molecule has 207 valence electrons. The molecule has 0 fully saturated rings. The number of hydrogen-bond acceptors (Lipinski definition) is 0. The van der Waals surface area contributed by atoms with E-state index < -0.39 is 19.7 Å². The van der Waals surface area contributed by atoms with E-state index in [0.29, 0.717) is 0 Å². The van der Waals surface area contributed by atoms with Crippen LogP contribution in [0.4, 0.5) is 0 Å². The molecule has 0 bridgehead atoms. The van der Waals surface area contributed by atoms with Gasteiger partial charge in [-0.1, -0.05) is 0 Å². The van der Waals surface area contributed by atoms with Crippen molar-refractivity contribution in [3.8, 4) is 0 Å². The Labute approximate surface area is 244 Å². The first-order chi connectivity index (χ1) is 11.1. The third-order valence-electron chi connectivity index (χ3n) is 1.30. The summed E-state index contributed by atoms with van der Waals surface area (Å²) in [5, 5.41) is 0. The Morgan fingerprint density at radius 1 is 0.233 bits per heavy atom. The molecule has 0 radical (unpaired) electrons. The van der Waals surface area contributed by atoms with Gasteiger partial charge in [-0.3, -0.25) is 0 Å². The maximum absolute atomic E-state index is 2.50. The molecule has 0 aromatic carbocycles. The average Bonchev–Trinajstić information content (AvgIpc) is 1.96. The molecular formula is C18H60Er3N3Si6. The van der Waals surface area contributed by atoms with Gasteiger partial charge in [-0.2, -0.15) is 0 Å². The molecule has 0 rings (SSSR count). The van der Waals surface area contributed by atoms with E-state index in [-0.39, 0.29) is 18.5 Å². The van der Waals surface area contributed by atoms with Crippen molar-refractivity contribution >= 4 is 19.7 Å². The molecule has 3 nitrogen and oxygen atoms in total. The van der Waals surface area contributed by atoms with E-state index >= 15 is 0 Å². The van der Waals surface area contributed by atoms with Gasteiger partial charge in [-0.15, -0.1) is 0 Å². The predicted molar refractivity (Wildman–Crippen MR) is 156 cm³/mol. The van der Waals surface area contributed by atoms with Gasteiger partial charge in [-0.25, -0.2) is 0 Å². The average molecular weight is 989 g/mol. The molecule has 30 heavy (non-hydrogen) atoms. The Kier molecular flexibility index (Phi) is 30.5. The smallest absolute Gasteiger partial charge is 0.693 e. The van der Waals surface area contributed by atoms with Crippen LogP contribution in [-0.4, -0.2) is 19.7 Å². The zero-order chi connectivity index (χ0) is 23.1. The number of rotatable bonds is 6. The molecule has 6 N–H and O–H groups in total. The second kappa shape index (κ2) is 19.1. The van der Waals surface area contributed by atoms with Crippen molar-refractivity contribution in [1.29, 1.82) is 0 Å². The third-order valence-corrected chi connectivity index (χ3v) is 86.7. The fourth-order valence-corrected chi connectivity index (χ4v) is 130. The van der Waals surface area contributed by atoms with Crippen LogP contribution in [0.1, 0.15) is 0 Å². The summed E-state index contributed by atoms with van der Waals surface area (Å²) in [4.78, 5) is 0. The van der Waals surface area contributed by atoms with Gasteiger partial charge in [0, 0.05) is 0 Å². The molecular weight excluding hydrogens is 929 g/mol. The standard InChI is InChI=1S/6C3H9Si.3Er.3H2N/c6*1-4(2)3;;;;;;/h6*1-3H3;;;;3*1H2/q;;;;;;3*+1;3*-1. The molecule has 0 aromatic rings. The van der Waals surface area contributed by atoms with E-state index in [1.807, 2.05) is 0 Å². The van der Waals surface area contributed by atoms with Crippen molar-refractivity contribution < 1.29 is 94.0 Å².